The average Bonchev–Trinajstić information content (AvgIpc) is 3.63. The lowest BCUT2D eigenvalue weighted by atomic mass is 9.98. The largest absolute Gasteiger partial charge is 0.351 e. The summed E-state index contributed by atoms with van der Waals surface area (Å²) >= 11 is 1.34. The first kappa shape index (κ1) is 23.5. The predicted molar refractivity (Wildman–Crippen MR) is 149 cm³/mol. The minimum absolute atomic E-state index is 0.111. The second-order valence-corrected chi connectivity index (χ2v) is 9.60. The molecule has 0 aliphatic rings. The summed E-state index contributed by atoms with van der Waals surface area (Å²) in [6, 6.07) is 24.7. The lowest BCUT2D eigenvalue weighted by Gasteiger charge is -2.17. The number of thiazole rings is 1. The number of carbonyl (C=O) groups excluding carboxylic acids is 2. The topological polar surface area (TPSA) is 113 Å². The Morgan fingerprint density at radius 3 is 2.55 bits per heavy atom. The van der Waals surface area contributed by atoms with Crippen molar-refractivity contribution in [1.29, 1.82) is 0 Å². The van der Waals surface area contributed by atoms with E-state index in [1.165, 1.54) is 11.3 Å². The van der Waals surface area contributed by atoms with Gasteiger partial charge in [-0.3, -0.25) is 14.6 Å². The zero-order valence-corrected chi connectivity index (χ0v) is 20.9. The van der Waals surface area contributed by atoms with Crippen LogP contribution >= 0.6 is 11.3 Å². The highest BCUT2D eigenvalue weighted by molar-refractivity contribution is 7.13. The van der Waals surface area contributed by atoms with Gasteiger partial charge in [0.25, 0.3) is 5.91 Å². The number of imidazole rings is 1. The molecule has 6 aromatic rings. The highest BCUT2D eigenvalue weighted by atomic mass is 32.1. The molecule has 0 bridgehead atoms. The summed E-state index contributed by atoms with van der Waals surface area (Å²) in [5.74, 6) is -0.576. The van der Waals surface area contributed by atoms with E-state index < -0.39 is 5.92 Å². The van der Waals surface area contributed by atoms with Crippen molar-refractivity contribution in [2.45, 2.75) is 5.92 Å². The first-order valence-corrected chi connectivity index (χ1v) is 12.9. The molecule has 6 rings (SSSR count). The van der Waals surface area contributed by atoms with Gasteiger partial charge in [-0.1, -0.05) is 60.7 Å². The van der Waals surface area contributed by atoms with Crippen LogP contribution in [-0.4, -0.2) is 38.3 Å². The number of benzene rings is 3. The van der Waals surface area contributed by atoms with Gasteiger partial charge >= 0.3 is 0 Å². The quantitative estimate of drug-likeness (QED) is 0.262. The first-order valence-electron chi connectivity index (χ1n) is 12.0. The molecule has 3 N–H and O–H groups in total. The number of H-pyrrole nitrogens is 1. The van der Waals surface area contributed by atoms with Crippen LogP contribution in [0.3, 0.4) is 0 Å². The van der Waals surface area contributed by atoms with Crippen LogP contribution in [0.4, 0.5) is 5.13 Å². The molecule has 3 heterocycles. The number of para-hydroxylation sites is 1. The molecule has 1 atom stereocenters. The fourth-order valence-corrected chi connectivity index (χ4v) is 4.90. The molecule has 0 saturated heterocycles. The summed E-state index contributed by atoms with van der Waals surface area (Å²) in [4.78, 5) is 43.1. The highest BCUT2D eigenvalue weighted by Gasteiger charge is 2.23. The SMILES string of the molecule is O=C(NCC(C(=O)Nc1nccs1)c1ccccc1)c1cccc2[nH]c(-c3cc4ccccc4cn3)nc12. The summed E-state index contributed by atoms with van der Waals surface area (Å²) in [5, 5.41) is 10.2. The van der Waals surface area contributed by atoms with Crippen molar-refractivity contribution in [2.75, 3.05) is 11.9 Å². The third-order valence-corrected chi connectivity index (χ3v) is 6.97. The molecule has 0 radical (unpaired) electrons. The van der Waals surface area contributed by atoms with E-state index in [1.807, 2.05) is 72.9 Å². The molecule has 0 spiro atoms. The number of amides is 2. The van der Waals surface area contributed by atoms with E-state index in [4.69, 9.17) is 4.98 Å². The molecule has 0 fully saturated rings. The molecule has 186 valence electrons. The van der Waals surface area contributed by atoms with Gasteiger partial charge in [-0.2, -0.15) is 0 Å². The number of pyridine rings is 1. The number of anilines is 1. The second-order valence-electron chi connectivity index (χ2n) is 8.70. The van der Waals surface area contributed by atoms with Crippen LogP contribution < -0.4 is 10.6 Å². The minimum Gasteiger partial charge on any atom is -0.351 e. The van der Waals surface area contributed by atoms with Gasteiger partial charge in [-0.15, -0.1) is 11.3 Å². The van der Waals surface area contributed by atoms with E-state index in [2.05, 4.69) is 25.6 Å². The monoisotopic (exact) mass is 518 g/mol. The van der Waals surface area contributed by atoms with Crippen molar-refractivity contribution in [3.8, 4) is 11.5 Å². The van der Waals surface area contributed by atoms with Gasteiger partial charge in [0.2, 0.25) is 5.91 Å². The third-order valence-electron chi connectivity index (χ3n) is 6.28. The maximum Gasteiger partial charge on any atom is 0.253 e. The van der Waals surface area contributed by atoms with Gasteiger partial charge in [0.15, 0.2) is 11.0 Å². The lowest BCUT2D eigenvalue weighted by Crippen LogP contribution is -2.34. The van der Waals surface area contributed by atoms with E-state index in [0.717, 1.165) is 21.9 Å². The number of aromatic amines is 1. The molecular formula is C29H22N6O2S. The smallest absolute Gasteiger partial charge is 0.253 e. The molecule has 3 aromatic heterocycles. The van der Waals surface area contributed by atoms with E-state index in [-0.39, 0.29) is 18.4 Å². The van der Waals surface area contributed by atoms with Crippen molar-refractivity contribution >= 4 is 50.1 Å². The van der Waals surface area contributed by atoms with Crippen molar-refractivity contribution < 1.29 is 9.59 Å². The zero-order valence-electron chi connectivity index (χ0n) is 20.1. The van der Waals surface area contributed by atoms with Crippen molar-refractivity contribution in [1.82, 2.24) is 25.3 Å². The minimum atomic E-state index is -0.597. The molecule has 3 aromatic carbocycles. The predicted octanol–water partition coefficient (Wildman–Crippen LogP) is 5.39. The highest BCUT2D eigenvalue weighted by Crippen LogP contribution is 2.25. The number of aromatic nitrogens is 4. The van der Waals surface area contributed by atoms with Gasteiger partial charge < -0.3 is 15.6 Å². The Labute approximate surface area is 221 Å². The van der Waals surface area contributed by atoms with E-state index >= 15 is 0 Å². The van der Waals surface area contributed by atoms with E-state index in [1.54, 1.807) is 23.7 Å². The molecule has 1 unspecified atom stereocenters. The van der Waals surface area contributed by atoms with Crippen LogP contribution in [-0.2, 0) is 4.79 Å². The Bertz CT molecular complexity index is 1750. The molecule has 38 heavy (non-hydrogen) atoms. The van der Waals surface area contributed by atoms with Crippen LogP contribution in [0.15, 0.2) is 96.6 Å². The number of fused-ring (bicyclic) bond motifs is 2. The third kappa shape index (κ3) is 4.74. The van der Waals surface area contributed by atoms with Crippen LogP contribution in [0.2, 0.25) is 0 Å². The standard InChI is InChI=1S/C29H22N6O2S/c36-27(32-17-22(18-7-2-1-3-8-18)28(37)35-29-30-13-14-38-29)21-11-6-12-23-25(21)34-26(33-23)24-15-19-9-4-5-10-20(19)16-31-24/h1-16,22H,17H2,(H,32,36)(H,33,34)(H,30,35,37). The number of hydrogen-bond donors (Lipinski definition) is 3. The summed E-state index contributed by atoms with van der Waals surface area (Å²) < 4.78 is 0. The maximum absolute atomic E-state index is 13.3. The summed E-state index contributed by atoms with van der Waals surface area (Å²) in [6.45, 7) is 0.111. The fourth-order valence-electron chi connectivity index (χ4n) is 4.36. The Balaban J connectivity index is 1.26. The molecular weight excluding hydrogens is 496 g/mol. The fraction of sp³-hybridized carbons (Fsp3) is 0.0690. The van der Waals surface area contributed by atoms with Crippen LogP contribution in [0.25, 0.3) is 33.3 Å². The summed E-state index contributed by atoms with van der Waals surface area (Å²) in [5.41, 5.74) is 3.17. The Kier molecular flexibility index (Phi) is 6.33. The number of hydrogen-bond acceptors (Lipinski definition) is 6. The van der Waals surface area contributed by atoms with Gasteiger partial charge in [-0.25, -0.2) is 9.97 Å². The Morgan fingerprint density at radius 1 is 0.921 bits per heavy atom. The average molecular weight is 519 g/mol. The second kappa shape index (κ2) is 10.2. The number of nitrogens with zero attached hydrogens (tertiary/aromatic N) is 3. The molecule has 9 heteroatoms. The molecule has 8 nitrogen and oxygen atoms in total. The van der Waals surface area contributed by atoms with Gasteiger partial charge in [-0.05, 0) is 29.1 Å². The van der Waals surface area contributed by atoms with Crippen LogP contribution in [0.1, 0.15) is 21.8 Å². The molecule has 2 amide bonds. The van der Waals surface area contributed by atoms with E-state index in [0.29, 0.717) is 27.7 Å². The number of nitrogens with one attached hydrogen (secondary N) is 3. The molecule has 0 saturated carbocycles. The summed E-state index contributed by atoms with van der Waals surface area (Å²) in [6.07, 6.45) is 3.44. The Morgan fingerprint density at radius 2 is 1.74 bits per heavy atom. The lowest BCUT2D eigenvalue weighted by molar-refractivity contribution is -0.117. The summed E-state index contributed by atoms with van der Waals surface area (Å²) in [7, 11) is 0. The first-order chi connectivity index (χ1) is 18.7. The van der Waals surface area contributed by atoms with E-state index in [9.17, 15) is 9.59 Å². The normalized spacial score (nSPS) is 11.9. The van der Waals surface area contributed by atoms with Crippen LogP contribution in [0.5, 0.6) is 0 Å². The van der Waals surface area contributed by atoms with Gasteiger partial charge in [0.05, 0.1) is 17.0 Å². The zero-order chi connectivity index (χ0) is 25.9. The maximum atomic E-state index is 13.3. The molecule has 0 aliphatic heterocycles. The van der Waals surface area contributed by atoms with Crippen molar-refractivity contribution in [3.63, 3.8) is 0 Å². The number of carbonyl (C=O) groups is 2. The Hall–Kier alpha value is -4.89. The number of rotatable bonds is 7. The van der Waals surface area contributed by atoms with Crippen molar-refractivity contribution in [2.24, 2.45) is 0 Å². The van der Waals surface area contributed by atoms with Crippen LogP contribution in [0, 0.1) is 0 Å². The molecule has 0 aliphatic carbocycles. The van der Waals surface area contributed by atoms with Crippen molar-refractivity contribution in [3.05, 3.63) is 108 Å². The van der Waals surface area contributed by atoms with Gasteiger partial charge in [0.1, 0.15) is 11.2 Å². The van der Waals surface area contributed by atoms with Gasteiger partial charge in [0, 0.05) is 29.7 Å².